The van der Waals surface area contributed by atoms with Crippen LogP contribution >= 0.6 is 22.7 Å². The molecule has 0 fully saturated rings. The molecule has 0 bridgehead atoms. The molecule has 0 atom stereocenters. The monoisotopic (exact) mass is 1090 g/mol. The SMILES string of the molecule is [2H]c1c([2H])c([2H])c(-c2cc(-c3ccc4c(c3)c3c5c(cc6c7cc8c(cc7n4c63)c3cc4sc6ccccc6c4c4c6cc(-c7cc(-c9c([2H])c([2H])c([2H])c([2H])c9[2H])cc(-c9c([2H])c([2H])c([2H])c([2H])c9[2H])c7)ccc6n8c34)sc3ccccc35)cc(-c3c([2H])c([2H])c([2H])c([2H])c3[2H])c2)c([2H])c1[2H]. The molecule has 2 nitrogen and oxygen atoms in total. The van der Waals surface area contributed by atoms with E-state index in [0.29, 0.717) is 22.3 Å². The van der Waals surface area contributed by atoms with Gasteiger partial charge in [0, 0.05) is 83.4 Å². The molecule has 0 unspecified atom stereocenters. The average molecular weight is 1090 g/mol. The third-order valence-electron chi connectivity index (χ3n) is 16.6. The Bertz CT molecular complexity index is 6430. The van der Waals surface area contributed by atoms with E-state index in [4.69, 9.17) is 27.4 Å². The van der Waals surface area contributed by atoms with Crippen molar-refractivity contribution < 1.29 is 27.4 Å². The zero-order valence-electron chi connectivity index (χ0n) is 62.6. The van der Waals surface area contributed by atoms with Gasteiger partial charge in [0.25, 0.3) is 0 Å². The van der Waals surface area contributed by atoms with Crippen molar-refractivity contribution in [1.82, 2.24) is 8.80 Å². The van der Waals surface area contributed by atoms with Gasteiger partial charge in [-0.25, -0.2) is 0 Å². The summed E-state index contributed by atoms with van der Waals surface area (Å²) in [7, 11) is 0. The molecule has 6 heterocycles. The Balaban J connectivity index is 0.884. The van der Waals surface area contributed by atoms with Crippen LogP contribution in [0.3, 0.4) is 0 Å². The first-order valence-corrected chi connectivity index (χ1v) is 28.2. The molecule has 0 amide bonds. The Hall–Kier alpha value is -10.1. The van der Waals surface area contributed by atoms with Gasteiger partial charge in [-0.15, -0.1) is 22.7 Å². The van der Waals surface area contributed by atoms with Crippen molar-refractivity contribution in [3.63, 3.8) is 0 Å². The first-order valence-electron chi connectivity index (χ1n) is 36.6. The van der Waals surface area contributed by atoms with E-state index in [-0.39, 0.29) is 44.5 Å². The predicted octanol–water partition coefficient (Wildman–Crippen LogP) is 22.7. The smallest absolute Gasteiger partial charge is 0.0629 e. The van der Waals surface area contributed by atoms with Crippen LogP contribution in [0.1, 0.15) is 27.4 Å². The maximum absolute atomic E-state index is 9.09. The third kappa shape index (κ3) is 6.28. The highest BCUT2D eigenvalue weighted by atomic mass is 32.1. The Kier molecular flexibility index (Phi) is 6.11. The molecule has 19 aromatic rings. The van der Waals surface area contributed by atoms with Crippen LogP contribution in [0.2, 0.25) is 0 Å². The largest absolute Gasteiger partial charge is 0.308 e. The van der Waals surface area contributed by atoms with Gasteiger partial charge in [-0.1, -0.05) is 169 Å². The lowest BCUT2D eigenvalue weighted by molar-refractivity contribution is 1.36. The van der Waals surface area contributed by atoms with E-state index in [1.54, 1.807) is 46.9 Å². The van der Waals surface area contributed by atoms with Gasteiger partial charge in [-0.2, -0.15) is 0 Å². The minimum atomic E-state index is -0.572. The maximum Gasteiger partial charge on any atom is 0.0629 e. The number of hydrogen-bond acceptors (Lipinski definition) is 2. The van der Waals surface area contributed by atoms with Crippen molar-refractivity contribution in [2.45, 2.75) is 0 Å². The lowest BCUT2D eigenvalue weighted by Crippen LogP contribution is -1.87. The molecule has 0 saturated heterocycles. The fourth-order valence-electron chi connectivity index (χ4n) is 13.2. The molecule has 0 spiro atoms. The Labute approximate surface area is 506 Å². The van der Waals surface area contributed by atoms with Crippen molar-refractivity contribution in [2.24, 2.45) is 0 Å². The Morgan fingerprint density at radius 3 is 0.939 bits per heavy atom. The van der Waals surface area contributed by atoms with Crippen LogP contribution in [-0.4, -0.2) is 8.80 Å². The van der Waals surface area contributed by atoms with Crippen LogP contribution in [0.15, 0.2) is 266 Å². The molecule has 0 aliphatic rings. The normalized spacial score (nSPS) is 15.8. The molecular weight excluding hydrogens is 1030 g/mol. The Morgan fingerprint density at radius 2 is 0.573 bits per heavy atom. The molecule has 0 aliphatic heterocycles. The van der Waals surface area contributed by atoms with Gasteiger partial charge in [0.15, 0.2) is 0 Å². The number of fused-ring (bicyclic) bond motifs is 20. The summed E-state index contributed by atoms with van der Waals surface area (Å²) in [4.78, 5) is 0. The number of nitrogens with zero attached hydrogens (tertiary/aromatic N) is 2. The number of thiophene rings is 2. The van der Waals surface area contributed by atoms with Crippen LogP contribution in [0.4, 0.5) is 0 Å². The van der Waals surface area contributed by atoms with Crippen molar-refractivity contribution in [2.75, 3.05) is 0 Å². The maximum atomic E-state index is 9.09. The predicted molar refractivity (Wildman–Crippen MR) is 354 cm³/mol. The van der Waals surface area contributed by atoms with Gasteiger partial charge in [0.1, 0.15) is 0 Å². The molecule has 0 aliphatic carbocycles. The topological polar surface area (TPSA) is 8.82 Å². The van der Waals surface area contributed by atoms with Crippen LogP contribution in [-0.2, 0) is 0 Å². The van der Waals surface area contributed by atoms with Crippen molar-refractivity contribution in [3.8, 4) is 66.8 Å². The number of rotatable bonds is 6. The van der Waals surface area contributed by atoms with Crippen molar-refractivity contribution >= 4 is 139 Å². The van der Waals surface area contributed by atoms with Gasteiger partial charge < -0.3 is 8.80 Å². The third-order valence-corrected chi connectivity index (χ3v) is 18.8. The minimum absolute atomic E-state index is 0.109. The summed E-state index contributed by atoms with van der Waals surface area (Å²) in [6.45, 7) is 0. The van der Waals surface area contributed by atoms with Crippen LogP contribution in [0.5, 0.6) is 0 Å². The first-order chi connectivity index (χ1) is 48.9. The Morgan fingerprint density at radius 1 is 0.232 bits per heavy atom. The molecule has 0 N–H and O–H groups in total. The number of benzene rings is 13. The molecule has 19 rings (SSSR count). The van der Waals surface area contributed by atoms with Gasteiger partial charge >= 0.3 is 0 Å². The second-order valence-electron chi connectivity index (χ2n) is 20.9. The highest BCUT2D eigenvalue weighted by molar-refractivity contribution is 7.26. The van der Waals surface area contributed by atoms with Crippen molar-refractivity contribution in [1.29, 1.82) is 0 Å². The summed E-state index contributed by atoms with van der Waals surface area (Å²) >= 11 is 3.38. The molecule has 0 radical (unpaired) electrons. The van der Waals surface area contributed by atoms with Gasteiger partial charge in [0.2, 0.25) is 0 Å². The van der Waals surface area contributed by atoms with Crippen molar-refractivity contribution in [3.05, 3.63) is 266 Å². The van der Waals surface area contributed by atoms with Crippen LogP contribution in [0.25, 0.3) is 183 Å². The zero-order valence-corrected chi connectivity index (χ0v) is 44.2. The highest BCUT2D eigenvalue weighted by Crippen LogP contribution is 2.53. The minimum Gasteiger partial charge on any atom is -0.308 e. The second-order valence-corrected chi connectivity index (χ2v) is 23.0. The van der Waals surface area contributed by atoms with E-state index in [2.05, 4.69) is 81.6 Å². The quantitative estimate of drug-likeness (QED) is 0.157. The van der Waals surface area contributed by atoms with E-state index in [1.165, 1.54) is 12.1 Å². The standard InChI is InChI=1S/C78H44N2S2/c1-5-17-45(18-6-1)51-33-52(46-19-7-2-8-20-46)36-55(35-51)49-29-31-65-63(39-49)75-73-57-25-13-15-27-69(57)81-71(73)43-61-59-42-68-60(41-67(59)79(65)77(61)75)62-44-72-74(58-26-14-16-28-70(58)82-72)76-64-40-50(30-32-66(64)80(68)78(62)76)56-37-53(47-21-9-3-10-22-47)34-54(38-56)48-23-11-4-12-24-48/h1-44H/i1D,2D,3D,4D,5D,6D,7D,8D,9D,10D,11D,12D,17D,18D,19D,20D,21D,22D,23D,24D. The van der Waals surface area contributed by atoms with Gasteiger partial charge in [-0.05, 0) is 164 Å². The average Bonchev–Trinajstić information content (AvgIpc) is 1.50. The fourth-order valence-corrected chi connectivity index (χ4v) is 15.5. The zero-order chi connectivity index (χ0) is 70.7. The number of hydrogen-bond donors (Lipinski definition) is 0. The second kappa shape index (κ2) is 16.7. The molecular formula is C78H44N2S2. The van der Waals surface area contributed by atoms with Crippen LogP contribution < -0.4 is 0 Å². The molecule has 6 aromatic heterocycles. The van der Waals surface area contributed by atoms with E-state index in [9.17, 15) is 0 Å². The molecule has 0 saturated carbocycles. The van der Waals surface area contributed by atoms with E-state index < -0.39 is 121 Å². The van der Waals surface area contributed by atoms with Crippen LogP contribution in [0, 0.1) is 0 Å². The van der Waals surface area contributed by atoms with E-state index in [1.807, 2.05) is 36.4 Å². The summed E-state index contributed by atoms with van der Waals surface area (Å²) in [5, 5.41) is 12.0. The lowest BCUT2D eigenvalue weighted by atomic mass is 9.92. The summed E-state index contributed by atoms with van der Waals surface area (Å²) in [6, 6.07) is 37.5. The van der Waals surface area contributed by atoms with Gasteiger partial charge in [-0.3, -0.25) is 0 Å². The molecule has 82 heavy (non-hydrogen) atoms. The van der Waals surface area contributed by atoms with Gasteiger partial charge in [0.05, 0.1) is 60.5 Å². The summed E-state index contributed by atoms with van der Waals surface area (Å²) in [6.07, 6.45) is 0. The molecule has 378 valence electrons. The molecule has 13 aromatic carbocycles. The summed E-state index contributed by atoms with van der Waals surface area (Å²) < 4.78 is 185. The summed E-state index contributed by atoms with van der Waals surface area (Å²) in [5.41, 5.74) is 8.26. The molecule has 4 heteroatoms. The van der Waals surface area contributed by atoms with E-state index in [0.717, 1.165) is 117 Å². The van der Waals surface area contributed by atoms with E-state index >= 15 is 0 Å². The summed E-state index contributed by atoms with van der Waals surface area (Å²) in [5.74, 6) is 0. The fraction of sp³-hybridized carbons (Fsp3) is 0. The lowest BCUT2D eigenvalue weighted by Gasteiger charge is -2.12. The number of aromatic nitrogens is 2. The highest BCUT2D eigenvalue weighted by Gasteiger charge is 2.27. The first kappa shape index (κ1) is 29.9.